The third kappa shape index (κ3) is 5.88. The molecule has 254 valence electrons. The second-order valence-corrected chi connectivity index (χ2v) is 14.4. The summed E-state index contributed by atoms with van der Waals surface area (Å²) >= 11 is 6.12. The molecule has 0 N–H and O–H groups in total. The maximum absolute atomic E-state index is 15.0. The molecule has 0 spiro atoms. The number of rotatable bonds is 5. The van der Waals surface area contributed by atoms with Crippen LogP contribution < -0.4 is 0 Å². The Kier molecular flexibility index (Phi) is 10.1. The van der Waals surface area contributed by atoms with E-state index in [1.807, 2.05) is 0 Å². The molecule has 3 aliphatic rings. The van der Waals surface area contributed by atoms with Gasteiger partial charge in [0.05, 0.1) is 18.0 Å². The number of ether oxygens (including phenoxy) is 1. The minimum atomic E-state index is -6.31. The number of benzene rings is 2. The number of nitrogens with zero attached hydrogens (tertiary/aromatic N) is 1. The topological polar surface area (TPSA) is 80.8 Å². The summed E-state index contributed by atoms with van der Waals surface area (Å²) in [6.07, 6.45) is -8.88. The summed E-state index contributed by atoms with van der Waals surface area (Å²) in [6.45, 7) is 2.02. The minimum absolute atomic E-state index is 0.0132. The lowest BCUT2D eigenvalue weighted by molar-refractivity contribution is -0.348. The number of hydrogen-bond acceptors (Lipinski definition) is 5. The SMILES string of the molecule is COC=O.Cc1cc(S(=O)(=O)C23CCN(C(=O)C4CCCCC4)C2CCc2cc(C(F)(C(F)(F)F)C(F)(F)F)ccc23)ccc1Cl. The van der Waals surface area contributed by atoms with E-state index in [2.05, 4.69) is 4.74 Å². The fourth-order valence-corrected chi connectivity index (χ4v) is 9.64. The largest absolute Gasteiger partial charge is 0.471 e. The number of halogens is 8. The van der Waals surface area contributed by atoms with Gasteiger partial charge in [0.15, 0.2) is 9.84 Å². The normalized spacial score (nSPS) is 22.3. The highest BCUT2D eigenvalue weighted by Gasteiger charge is 2.74. The third-order valence-electron chi connectivity index (χ3n) is 9.32. The number of alkyl halides is 7. The van der Waals surface area contributed by atoms with Crippen molar-refractivity contribution in [3.05, 3.63) is 63.7 Å². The molecular weight excluding hydrogens is 667 g/mol. The van der Waals surface area contributed by atoms with Crippen molar-refractivity contribution in [2.75, 3.05) is 13.7 Å². The van der Waals surface area contributed by atoms with E-state index in [0.717, 1.165) is 25.3 Å². The molecule has 2 unspecified atom stereocenters. The molecule has 1 heterocycles. The molecule has 2 aromatic carbocycles. The molecule has 2 aromatic rings. The average molecular weight is 700 g/mol. The number of carbonyl (C=O) groups is 2. The van der Waals surface area contributed by atoms with Crippen LogP contribution in [-0.4, -0.2) is 57.7 Å². The smallest absolute Gasteiger partial charge is 0.435 e. The molecule has 2 aliphatic carbocycles. The van der Waals surface area contributed by atoms with Gasteiger partial charge in [-0.05, 0) is 73.9 Å². The zero-order valence-electron chi connectivity index (χ0n) is 25.0. The maximum Gasteiger partial charge on any atom is 0.435 e. The van der Waals surface area contributed by atoms with E-state index in [1.54, 1.807) is 6.92 Å². The van der Waals surface area contributed by atoms with E-state index in [1.165, 1.54) is 30.2 Å². The molecule has 46 heavy (non-hydrogen) atoms. The molecule has 1 aliphatic heterocycles. The summed E-state index contributed by atoms with van der Waals surface area (Å²) in [7, 11) is -3.09. The molecular formula is C31H33ClF7NO5S. The quantitative estimate of drug-likeness (QED) is 0.238. The first-order valence-corrected chi connectivity index (χ1v) is 16.5. The van der Waals surface area contributed by atoms with Gasteiger partial charge in [0.25, 0.3) is 6.47 Å². The van der Waals surface area contributed by atoms with Crippen molar-refractivity contribution >= 4 is 33.8 Å². The Balaban J connectivity index is 0.00000113. The van der Waals surface area contributed by atoms with Gasteiger partial charge in [-0.3, -0.25) is 9.59 Å². The number of carbonyl (C=O) groups excluding carboxylic acids is 2. The van der Waals surface area contributed by atoms with Gasteiger partial charge in [-0.15, -0.1) is 0 Å². The highest BCUT2D eigenvalue weighted by atomic mass is 35.5. The van der Waals surface area contributed by atoms with E-state index in [0.29, 0.717) is 42.0 Å². The lowest BCUT2D eigenvalue weighted by Crippen LogP contribution is -2.53. The van der Waals surface area contributed by atoms with Crippen molar-refractivity contribution < 1.29 is 53.5 Å². The summed E-state index contributed by atoms with van der Waals surface area (Å²) < 4.78 is 127. The Morgan fingerprint density at radius 2 is 1.59 bits per heavy atom. The molecule has 15 heteroatoms. The molecule has 5 rings (SSSR count). The molecule has 1 amide bonds. The summed E-state index contributed by atoms with van der Waals surface area (Å²) in [5.41, 5.74) is -7.00. The van der Waals surface area contributed by atoms with E-state index in [9.17, 15) is 43.9 Å². The molecule has 2 atom stereocenters. The number of fused-ring (bicyclic) bond motifs is 3. The van der Waals surface area contributed by atoms with Crippen LogP contribution in [0.15, 0.2) is 41.3 Å². The van der Waals surface area contributed by atoms with Gasteiger partial charge in [0, 0.05) is 23.0 Å². The van der Waals surface area contributed by atoms with Crippen LogP contribution >= 0.6 is 11.6 Å². The zero-order chi connectivity index (χ0) is 34.3. The highest BCUT2D eigenvalue weighted by Crippen LogP contribution is 2.57. The summed E-state index contributed by atoms with van der Waals surface area (Å²) in [4.78, 5) is 24.0. The van der Waals surface area contributed by atoms with E-state index in [4.69, 9.17) is 16.4 Å². The molecule has 6 nitrogen and oxygen atoms in total. The van der Waals surface area contributed by atoms with Crippen LogP contribution in [0.5, 0.6) is 0 Å². The van der Waals surface area contributed by atoms with Crippen molar-refractivity contribution in [1.82, 2.24) is 4.90 Å². The Morgan fingerprint density at radius 3 is 2.13 bits per heavy atom. The van der Waals surface area contributed by atoms with Gasteiger partial charge in [-0.25, -0.2) is 12.8 Å². The first-order chi connectivity index (χ1) is 21.4. The summed E-state index contributed by atoms with van der Waals surface area (Å²) in [5.74, 6) is -0.481. The standard InChI is InChI=1S/C29H29ClF7NO3S.C2H4O2/c1-17-15-21(9-11-23(17)30)42(40,41)26-13-14-38(25(39)18-5-3-2-4-6-18)24(26)12-7-19-16-20(8-10-22(19)26)27(31,28(32,33)34)29(35,36)37;1-4-2-3/h8-11,15-16,18,24H,2-7,12-14H2,1H3;2H,1H3. The van der Waals surface area contributed by atoms with Gasteiger partial charge >= 0.3 is 18.0 Å². The Labute approximate surface area is 267 Å². The van der Waals surface area contributed by atoms with Crippen LogP contribution in [0.1, 0.15) is 67.2 Å². The van der Waals surface area contributed by atoms with Gasteiger partial charge in [-0.2, -0.15) is 26.3 Å². The first kappa shape index (κ1) is 36.0. The van der Waals surface area contributed by atoms with Gasteiger partial charge in [0.2, 0.25) is 5.91 Å². The molecule has 0 radical (unpaired) electrons. The van der Waals surface area contributed by atoms with E-state index in [-0.39, 0.29) is 53.7 Å². The van der Waals surface area contributed by atoms with Gasteiger partial charge in [0.1, 0.15) is 4.75 Å². The second-order valence-electron chi connectivity index (χ2n) is 11.8. The zero-order valence-corrected chi connectivity index (χ0v) is 26.6. The molecule has 0 bridgehead atoms. The Bertz CT molecular complexity index is 1560. The number of hydrogen-bond donors (Lipinski definition) is 0. The van der Waals surface area contributed by atoms with Gasteiger partial charge < -0.3 is 9.64 Å². The fourth-order valence-electron chi connectivity index (χ4n) is 7.07. The van der Waals surface area contributed by atoms with Crippen LogP contribution in [0.25, 0.3) is 0 Å². The van der Waals surface area contributed by atoms with Crippen LogP contribution in [0.2, 0.25) is 5.02 Å². The second kappa shape index (κ2) is 13.0. The lowest BCUT2D eigenvalue weighted by Gasteiger charge is -2.43. The van der Waals surface area contributed by atoms with E-state index < -0.39 is 44.2 Å². The Hall–Kier alpha value is -2.87. The number of sulfone groups is 1. The van der Waals surface area contributed by atoms with Crippen molar-refractivity contribution in [2.45, 2.75) is 92.0 Å². The number of amides is 1. The number of aryl methyl sites for hydroxylation is 2. The summed E-state index contributed by atoms with van der Waals surface area (Å²) in [5, 5.41) is 0.302. The fraction of sp³-hybridized carbons (Fsp3) is 0.548. The summed E-state index contributed by atoms with van der Waals surface area (Å²) in [6, 6.07) is 4.87. The maximum atomic E-state index is 15.0. The molecule has 0 aromatic heterocycles. The Morgan fingerprint density at radius 1 is 0.978 bits per heavy atom. The van der Waals surface area contributed by atoms with Crippen molar-refractivity contribution in [3.8, 4) is 0 Å². The van der Waals surface area contributed by atoms with E-state index >= 15 is 0 Å². The average Bonchev–Trinajstić information content (AvgIpc) is 3.42. The van der Waals surface area contributed by atoms with Crippen molar-refractivity contribution in [2.24, 2.45) is 5.92 Å². The third-order valence-corrected chi connectivity index (χ3v) is 12.3. The predicted octanol–water partition coefficient (Wildman–Crippen LogP) is 7.52. The van der Waals surface area contributed by atoms with Crippen LogP contribution in [0.3, 0.4) is 0 Å². The highest BCUT2D eigenvalue weighted by molar-refractivity contribution is 7.92. The van der Waals surface area contributed by atoms with Crippen LogP contribution in [0, 0.1) is 12.8 Å². The lowest BCUT2D eigenvalue weighted by atomic mass is 9.76. The van der Waals surface area contributed by atoms with Crippen LogP contribution in [-0.2, 0) is 41.0 Å². The monoisotopic (exact) mass is 699 g/mol. The molecule has 2 fully saturated rings. The predicted molar refractivity (Wildman–Crippen MR) is 154 cm³/mol. The molecule has 1 saturated heterocycles. The minimum Gasteiger partial charge on any atom is -0.471 e. The van der Waals surface area contributed by atoms with Crippen LogP contribution in [0.4, 0.5) is 30.7 Å². The van der Waals surface area contributed by atoms with Crippen molar-refractivity contribution in [1.29, 1.82) is 0 Å². The molecule has 1 saturated carbocycles. The number of likely N-dealkylation sites (tertiary alicyclic amines) is 1. The van der Waals surface area contributed by atoms with Crippen molar-refractivity contribution in [3.63, 3.8) is 0 Å². The number of methoxy groups -OCH3 is 1. The first-order valence-electron chi connectivity index (χ1n) is 14.6. The van der Waals surface area contributed by atoms with Gasteiger partial charge in [-0.1, -0.05) is 49.1 Å².